The molecule has 0 aliphatic carbocycles. The summed E-state index contributed by atoms with van der Waals surface area (Å²) in [5.41, 5.74) is 5.55. The van der Waals surface area contributed by atoms with Crippen LogP contribution in [0.4, 0.5) is 6.01 Å². The van der Waals surface area contributed by atoms with Gasteiger partial charge in [-0.25, -0.2) is 0 Å². The first-order valence-corrected chi connectivity index (χ1v) is 2.10. The zero-order valence-corrected chi connectivity index (χ0v) is 4.35. The summed E-state index contributed by atoms with van der Waals surface area (Å²) in [6, 6.07) is 0.125. The SMILES string of the molecule is C=c1nc(N)oc1=C. The molecular weight excluding hydrogens is 104 g/mol. The van der Waals surface area contributed by atoms with Gasteiger partial charge in [0.1, 0.15) is 10.8 Å². The first-order chi connectivity index (χ1) is 3.70. The molecule has 0 unspecified atom stereocenters. The highest BCUT2D eigenvalue weighted by Crippen LogP contribution is 1.79. The van der Waals surface area contributed by atoms with Crippen molar-refractivity contribution in [2.75, 3.05) is 5.73 Å². The van der Waals surface area contributed by atoms with Crippen LogP contribution in [0, 0.1) is 0 Å². The fourth-order valence-electron chi connectivity index (χ4n) is 0.403. The first-order valence-electron chi connectivity index (χ1n) is 2.10. The molecule has 3 heteroatoms. The van der Waals surface area contributed by atoms with Gasteiger partial charge in [0.25, 0.3) is 6.01 Å². The number of oxazole rings is 1. The van der Waals surface area contributed by atoms with Crippen molar-refractivity contribution in [1.82, 2.24) is 4.98 Å². The Morgan fingerprint density at radius 3 is 2.25 bits per heavy atom. The molecule has 1 rings (SSSR count). The van der Waals surface area contributed by atoms with Crippen LogP contribution in [0.3, 0.4) is 0 Å². The highest BCUT2D eigenvalue weighted by Gasteiger charge is 1.88. The van der Waals surface area contributed by atoms with Crippen LogP contribution in [0.15, 0.2) is 4.42 Å². The van der Waals surface area contributed by atoms with E-state index >= 15 is 0 Å². The second kappa shape index (κ2) is 1.36. The van der Waals surface area contributed by atoms with Crippen molar-refractivity contribution in [1.29, 1.82) is 0 Å². The maximum atomic E-state index is 5.12. The van der Waals surface area contributed by atoms with Crippen molar-refractivity contribution in [2.24, 2.45) is 0 Å². The van der Waals surface area contributed by atoms with Gasteiger partial charge in [-0.2, -0.15) is 4.98 Å². The Morgan fingerprint density at radius 1 is 1.50 bits per heavy atom. The van der Waals surface area contributed by atoms with Crippen LogP contribution in [-0.4, -0.2) is 4.98 Å². The molecule has 0 aromatic carbocycles. The second-order valence-electron chi connectivity index (χ2n) is 1.42. The van der Waals surface area contributed by atoms with E-state index in [1.165, 1.54) is 0 Å². The van der Waals surface area contributed by atoms with Gasteiger partial charge in [0.15, 0.2) is 0 Å². The molecule has 2 N–H and O–H groups in total. The van der Waals surface area contributed by atoms with Crippen LogP contribution in [0.25, 0.3) is 13.2 Å². The molecule has 0 fully saturated rings. The number of nitrogens with zero attached hydrogens (tertiary/aromatic N) is 1. The average Bonchev–Trinajstić information content (AvgIpc) is 1.85. The lowest BCUT2D eigenvalue weighted by Crippen LogP contribution is -2.17. The van der Waals surface area contributed by atoms with Crippen LogP contribution < -0.4 is 16.5 Å². The standard InChI is InChI=1S/C5H6N2O/c1-3-4(2)8-5(6)7-3/h1-2H2,(H2,6,7). The van der Waals surface area contributed by atoms with Crippen molar-refractivity contribution in [2.45, 2.75) is 0 Å². The van der Waals surface area contributed by atoms with Gasteiger partial charge in [-0.3, -0.25) is 0 Å². The lowest BCUT2D eigenvalue weighted by atomic mass is 10.7. The molecule has 0 radical (unpaired) electrons. The number of hydrogen-bond acceptors (Lipinski definition) is 3. The third-order valence-corrected chi connectivity index (χ3v) is 0.795. The van der Waals surface area contributed by atoms with Gasteiger partial charge in [-0.1, -0.05) is 13.2 Å². The molecule has 0 saturated heterocycles. The minimum Gasteiger partial charge on any atom is -0.424 e. The maximum absolute atomic E-state index is 5.12. The minimum atomic E-state index is 0.125. The van der Waals surface area contributed by atoms with E-state index < -0.39 is 0 Å². The predicted octanol–water partition coefficient (Wildman–Crippen LogP) is -0.923. The van der Waals surface area contributed by atoms with E-state index in [0.29, 0.717) is 10.8 Å². The molecule has 1 aromatic rings. The zero-order chi connectivity index (χ0) is 6.15. The predicted molar refractivity (Wildman–Crippen MR) is 31.2 cm³/mol. The molecule has 0 bridgehead atoms. The Balaban J connectivity index is 3.59. The van der Waals surface area contributed by atoms with Crippen molar-refractivity contribution < 1.29 is 4.42 Å². The highest BCUT2D eigenvalue weighted by molar-refractivity contribution is 5.12. The lowest BCUT2D eigenvalue weighted by molar-refractivity contribution is 0.547. The Kier molecular flexibility index (Phi) is 0.836. The van der Waals surface area contributed by atoms with Crippen LogP contribution in [0.2, 0.25) is 0 Å². The summed E-state index contributed by atoms with van der Waals surface area (Å²) in [4.78, 5) is 3.65. The Bertz CT molecular complexity index is 248. The molecule has 1 heterocycles. The Morgan fingerprint density at radius 2 is 2.12 bits per heavy atom. The smallest absolute Gasteiger partial charge is 0.292 e. The normalized spacial score (nSPS) is 9.50. The molecule has 8 heavy (non-hydrogen) atoms. The summed E-state index contributed by atoms with van der Waals surface area (Å²) >= 11 is 0. The van der Waals surface area contributed by atoms with Crippen LogP contribution >= 0.6 is 0 Å². The van der Waals surface area contributed by atoms with E-state index in [0.717, 1.165) is 0 Å². The van der Waals surface area contributed by atoms with Gasteiger partial charge in [0, 0.05) is 0 Å². The minimum absolute atomic E-state index is 0.125. The summed E-state index contributed by atoms with van der Waals surface area (Å²) in [6.45, 7) is 6.96. The Hall–Kier alpha value is -1.25. The Labute approximate surface area is 46.1 Å². The van der Waals surface area contributed by atoms with E-state index in [1.807, 2.05) is 0 Å². The van der Waals surface area contributed by atoms with E-state index in [1.54, 1.807) is 0 Å². The number of nitrogens with two attached hydrogens (primary N) is 1. The van der Waals surface area contributed by atoms with Gasteiger partial charge in [0.2, 0.25) is 0 Å². The second-order valence-corrected chi connectivity index (χ2v) is 1.42. The van der Waals surface area contributed by atoms with Gasteiger partial charge in [-0.05, 0) is 0 Å². The van der Waals surface area contributed by atoms with Crippen LogP contribution in [0.5, 0.6) is 0 Å². The molecule has 0 aliphatic heterocycles. The molecule has 0 aliphatic rings. The highest BCUT2D eigenvalue weighted by atomic mass is 16.4. The quantitative estimate of drug-likeness (QED) is 0.469. The molecule has 0 saturated carbocycles. The van der Waals surface area contributed by atoms with Gasteiger partial charge >= 0.3 is 0 Å². The molecule has 1 aromatic heterocycles. The van der Waals surface area contributed by atoms with Crippen LogP contribution in [-0.2, 0) is 0 Å². The number of rotatable bonds is 0. The summed E-state index contributed by atoms with van der Waals surface area (Å²) in [5, 5.41) is 0.502. The van der Waals surface area contributed by atoms with E-state index in [4.69, 9.17) is 10.2 Å². The van der Waals surface area contributed by atoms with E-state index in [2.05, 4.69) is 18.1 Å². The fraction of sp³-hybridized carbons (Fsp3) is 0. The first kappa shape index (κ1) is 4.90. The van der Waals surface area contributed by atoms with Crippen molar-refractivity contribution in [3.63, 3.8) is 0 Å². The van der Waals surface area contributed by atoms with Gasteiger partial charge in [0.05, 0.1) is 0 Å². The number of aromatic nitrogens is 1. The fourth-order valence-corrected chi connectivity index (χ4v) is 0.403. The van der Waals surface area contributed by atoms with Crippen LogP contribution in [0.1, 0.15) is 0 Å². The molecular formula is C5H6N2O. The summed E-state index contributed by atoms with van der Waals surface area (Å²) < 4.78 is 4.71. The molecule has 0 spiro atoms. The molecule has 42 valence electrons. The largest absolute Gasteiger partial charge is 0.424 e. The number of nitrogen functional groups attached to an aromatic ring is 1. The topological polar surface area (TPSA) is 52.0 Å². The lowest BCUT2D eigenvalue weighted by Gasteiger charge is -1.69. The summed E-state index contributed by atoms with van der Waals surface area (Å²) in [6.07, 6.45) is 0. The van der Waals surface area contributed by atoms with Gasteiger partial charge in [-0.15, -0.1) is 0 Å². The van der Waals surface area contributed by atoms with Crippen molar-refractivity contribution in [3.8, 4) is 0 Å². The van der Waals surface area contributed by atoms with Crippen molar-refractivity contribution >= 4 is 19.2 Å². The third-order valence-electron chi connectivity index (χ3n) is 0.795. The number of anilines is 1. The summed E-state index contributed by atoms with van der Waals surface area (Å²) in [7, 11) is 0. The molecule has 0 amide bonds. The molecule has 0 atom stereocenters. The third kappa shape index (κ3) is 0.578. The van der Waals surface area contributed by atoms with E-state index in [9.17, 15) is 0 Å². The zero-order valence-electron chi connectivity index (χ0n) is 4.35. The average molecular weight is 110 g/mol. The number of hydrogen-bond donors (Lipinski definition) is 1. The maximum Gasteiger partial charge on any atom is 0.292 e. The molecule has 3 nitrogen and oxygen atoms in total. The van der Waals surface area contributed by atoms with E-state index in [-0.39, 0.29) is 6.01 Å². The van der Waals surface area contributed by atoms with Gasteiger partial charge < -0.3 is 10.2 Å². The monoisotopic (exact) mass is 110 g/mol. The summed E-state index contributed by atoms with van der Waals surface area (Å²) in [5.74, 6) is 0. The van der Waals surface area contributed by atoms with Crippen molar-refractivity contribution in [3.05, 3.63) is 10.8 Å².